The number of hydrogen-bond acceptors (Lipinski definition) is 5. The zero-order valence-corrected chi connectivity index (χ0v) is 14.4. The van der Waals surface area contributed by atoms with Gasteiger partial charge in [0.2, 0.25) is 0 Å². The Morgan fingerprint density at radius 1 is 1.38 bits per heavy atom. The lowest BCUT2D eigenvalue weighted by molar-refractivity contribution is -0.0976. The molecule has 24 heavy (non-hydrogen) atoms. The predicted molar refractivity (Wildman–Crippen MR) is 82.5 cm³/mol. The van der Waals surface area contributed by atoms with Crippen molar-refractivity contribution in [2.45, 2.75) is 22.7 Å². The number of aliphatic hydroxyl groups is 1. The number of benzene rings is 1. The Kier molecular flexibility index (Phi) is 4.10. The van der Waals surface area contributed by atoms with Crippen molar-refractivity contribution >= 4 is 32.8 Å². The maximum absolute atomic E-state index is 13.8. The summed E-state index contributed by atoms with van der Waals surface area (Å²) in [5.74, 6) is -4.26. The van der Waals surface area contributed by atoms with Crippen LogP contribution in [0.4, 0.5) is 13.2 Å². The lowest BCUT2D eigenvalue weighted by Crippen LogP contribution is -2.22. The second-order valence-corrected chi connectivity index (χ2v) is 9.02. The molecule has 1 aromatic carbocycles. The molecule has 1 aliphatic rings. The molecule has 0 bridgehead atoms. The minimum atomic E-state index is -3.85. The Balaban J connectivity index is 2.12. The van der Waals surface area contributed by atoms with Crippen LogP contribution in [0.2, 0.25) is 5.02 Å². The summed E-state index contributed by atoms with van der Waals surface area (Å²) in [6.07, 6.45) is -2.25. The summed E-state index contributed by atoms with van der Waals surface area (Å²) in [7, 11) is -3.85. The Bertz CT molecular complexity index is 904. The first-order valence-electron chi connectivity index (χ1n) is 6.54. The zero-order chi connectivity index (χ0) is 17.9. The molecule has 0 saturated carbocycles. The molecular formula is C14H10ClF3O4S2. The topological polar surface area (TPSA) is 63.6 Å². The average Bonchev–Trinajstić information content (AvgIpc) is 2.85. The molecule has 1 N–H and O–H groups in total. The summed E-state index contributed by atoms with van der Waals surface area (Å²) in [6, 6.07) is 3.29. The molecule has 0 radical (unpaired) electrons. The molecule has 4 nitrogen and oxygen atoms in total. The molecule has 0 unspecified atom stereocenters. The first-order chi connectivity index (χ1) is 11.0. The summed E-state index contributed by atoms with van der Waals surface area (Å²) in [4.78, 5) is 0. The first-order valence-corrected chi connectivity index (χ1v) is 9.63. The van der Waals surface area contributed by atoms with E-state index in [0.717, 1.165) is 18.4 Å². The van der Waals surface area contributed by atoms with Gasteiger partial charge in [-0.1, -0.05) is 22.9 Å². The van der Waals surface area contributed by atoms with Crippen molar-refractivity contribution in [3.63, 3.8) is 0 Å². The van der Waals surface area contributed by atoms with E-state index in [4.69, 9.17) is 16.3 Å². The molecule has 0 amide bonds. The number of rotatable bonds is 3. The van der Waals surface area contributed by atoms with E-state index in [2.05, 4.69) is 0 Å². The molecule has 0 aliphatic heterocycles. The summed E-state index contributed by atoms with van der Waals surface area (Å²) >= 11 is 6.32. The van der Waals surface area contributed by atoms with Gasteiger partial charge in [-0.15, -0.1) is 0 Å². The van der Waals surface area contributed by atoms with E-state index in [1.54, 1.807) is 0 Å². The van der Waals surface area contributed by atoms with E-state index in [1.165, 1.54) is 6.07 Å². The van der Waals surface area contributed by atoms with Crippen molar-refractivity contribution in [1.29, 1.82) is 0 Å². The average molecular weight is 399 g/mol. The standard InChI is InChI=1S/C14H10ClF3O4S2/c1-24(20,21)13-10-9(5-14(17,18)11(10)19)12(23-13)22-8-3-6(15)2-7(16)4-8/h2-4,11,19H,5H2,1H3/t11-/m0/s1. The van der Waals surface area contributed by atoms with Crippen LogP contribution in [0.1, 0.15) is 17.2 Å². The maximum atomic E-state index is 13.8. The van der Waals surface area contributed by atoms with Gasteiger partial charge in [0.1, 0.15) is 21.9 Å². The number of halogens is 4. The number of hydrogen-bond donors (Lipinski definition) is 1. The lowest BCUT2D eigenvalue weighted by atomic mass is 10.2. The Hall–Kier alpha value is -1.29. The molecule has 0 spiro atoms. The highest BCUT2D eigenvalue weighted by molar-refractivity contribution is 7.92. The van der Waals surface area contributed by atoms with Crippen LogP contribution in [0.3, 0.4) is 0 Å². The smallest absolute Gasteiger partial charge is 0.281 e. The summed E-state index contributed by atoms with van der Waals surface area (Å²) in [5.41, 5.74) is -0.455. The van der Waals surface area contributed by atoms with Gasteiger partial charge in [-0.05, 0) is 12.1 Å². The van der Waals surface area contributed by atoms with Crippen LogP contribution in [-0.4, -0.2) is 25.7 Å². The van der Waals surface area contributed by atoms with E-state index in [0.29, 0.717) is 11.3 Å². The molecular weight excluding hydrogens is 389 g/mol. The van der Waals surface area contributed by atoms with Gasteiger partial charge in [0.05, 0.1) is 0 Å². The predicted octanol–water partition coefficient (Wildman–Crippen LogP) is 3.96. The largest absolute Gasteiger partial charge is 0.446 e. The van der Waals surface area contributed by atoms with E-state index in [-0.39, 0.29) is 31.2 Å². The minimum Gasteiger partial charge on any atom is -0.446 e. The fraction of sp³-hybridized carbons (Fsp3) is 0.286. The third-order valence-electron chi connectivity index (χ3n) is 3.45. The second kappa shape index (κ2) is 5.62. The third kappa shape index (κ3) is 3.01. The quantitative estimate of drug-likeness (QED) is 0.850. The van der Waals surface area contributed by atoms with Gasteiger partial charge in [0, 0.05) is 34.9 Å². The van der Waals surface area contributed by atoms with E-state index < -0.39 is 34.1 Å². The molecule has 2 aromatic rings. The Labute approximate surface area is 144 Å². The molecule has 0 fully saturated rings. The minimum absolute atomic E-state index is 0.0342. The third-order valence-corrected chi connectivity index (χ3v) is 6.64. The van der Waals surface area contributed by atoms with Crippen molar-refractivity contribution in [2.75, 3.05) is 6.26 Å². The Morgan fingerprint density at radius 3 is 2.62 bits per heavy atom. The van der Waals surface area contributed by atoms with Gasteiger partial charge < -0.3 is 9.84 Å². The van der Waals surface area contributed by atoms with Crippen LogP contribution in [0.15, 0.2) is 22.4 Å². The second-order valence-electron chi connectivity index (χ2n) is 5.39. The highest BCUT2D eigenvalue weighted by Gasteiger charge is 2.52. The number of aliphatic hydroxyl groups excluding tert-OH is 1. The molecule has 10 heteroatoms. The van der Waals surface area contributed by atoms with Crippen LogP contribution in [0.5, 0.6) is 10.8 Å². The number of fused-ring (bicyclic) bond motifs is 1. The number of ether oxygens (including phenoxy) is 1. The van der Waals surface area contributed by atoms with Gasteiger partial charge >= 0.3 is 0 Å². The zero-order valence-electron chi connectivity index (χ0n) is 12.0. The Morgan fingerprint density at radius 2 is 2.04 bits per heavy atom. The van der Waals surface area contributed by atoms with Crippen molar-refractivity contribution < 1.29 is 31.4 Å². The fourth-order valence-electron chi connectivity index (χ4n) is 2.47. The highest BCUT2D eigenvalue weighted by Crippen LogP contribution is 2.54. The van der Waals surface area contributed by atoms with Gasteiger partial charge in [-0.3, -0.25) is 0 Å². The number of sulfone groups is 1. The van der Waals surface area contributed by atoms with Crippen LogP contribution in [-0.2, 0) is 16.3 Å². The lowest BCUT2D eigenvalue weighted by Gasteiger charge is -2.14. The van der Waals surface area contributed by atoms with Gasteiger partial charge in [-0.25, -0.2) is 21.6 Å². The summed E-state index contributed by atoms with van der Waals surface area (Å²) in [6.45, 7) is 0. The summed E-state index contributed by atoms with van der Waals surface area (Å²) < 4.78 is 69.6. The first kappa shape index (κ1) is 17.5. The fourth-order valence-corrected chi connectivity index (χ4v) is 5.11. The normalized spacial score (nSPS) is 19.3. The number of alkyl halides is 2. The van der Waals surface area contributed by atoms with Crippen molar-refractivity contribution in [3.05, 3.63) is 40.2 Å². The highest BCUT2D eigenvalue weighted by atomic mass is 35.5. The van der Waals surface area contributed by atoms with Crippen LogP contribution in [0, 0.1) is 5.82 Å². The monoisotopic (exact) mass is 398 g/mol. The molecule has 1 atom stereocenters. The summed E-state index contributed by atoms with van der Waals surface area (Å²) in [5, 5.41) is 9.67. The molecule has 1 aliphatic carbocycles. The van der Waals surface area contributed by atoms with Crippen molar-refractivity contribution in [3.8, 4) is 10.8 Å². The number of thiophene rings is 1. The van der Waals surface area contributed by atoms with Gasteiger partial charge in [0.25, 0.3) is 5.92 Å². The van der Waals surface area contributed by atoms with E-state index in [1.807, 2.05) is 0 Å². The van der Waals surface area contributed by atoms with E-state index >= 15 is 0 Å². The molecule has 1 heterocycles. The SMILES string of the molecule is CS(=O)(=O)c1sc(Oc2cc(F)cc(Cl)c2)c2c1[C@H](O)C(F)(F)C2. The van der Waals surface area contributed by atoms with Crippen LogP contribution < -0.4 is 4.74 Å². The molecule has 130 valence electrons. The van der Waals surface area contributed by atoms with E-state index in [9.17, 15) is 26.7 Å². The maximum Gasteiger partial charge on any atom is 0.281 e. The van der Waals surface area contributed by atoms with Crippen LogP contribution in [0.25, 0.3) is 0 Å². The van der Waals surface area contributed by atoms with Crippen molar-refractivity contribution in [2.24, 2.45) is 0 Å². The molecule has 0 saturated heterocycles. The van der Waals surface area contributed by atoms with Gasteiger partial charge in [0.15, 0.2) is 14.9 Å². The van der Waals surface area contributed by atoms with Gasteiger partial charge in [-0.2, -0.15) is 0 Å². The molecule has 1 aromatic heterocycles. The van der Waals surface area contributed by atoms with Crippen molar-refractivity contribution in [1.82, 2.24) is 0 Å². The molecule has 3 rings (SSSR count). The van der Waals surface area contributed by atoms with Crippen LogP contribution >= 0.6 is 22.9 Å².